The fourth-order valence-electron chi connectivity index (χ4n) is 2.20. The maximum Gasteiger partial charge on any atom is 0.217 e. The fraction of sp³-hybridized carbons (Fsp3) is 0.400. The van der Waals surface area contributed by atoms with Crippen LogP contribution in [-0.4, -0.2) is 12.1 Å². The lowest BCUT2D eigenvalue weighted by Gasteiger charge is -2.15. The van der Waals surface area contributed by atoms with Crippen LogP contribution in [-0.2, 0) is 6.54 Å². The first-order valence-corrected chi connectivity index (χ1v) is 7.21. The van der Waals surface area contributed by atoms with Gasteiger partial charge in [0, 0.05) is 34.1 Å². The van der Waals surface area contributed by atoms with Gasteiger partial charge in [0.25, 0.3) is 0 Å². The first-order valence-electron chi connectivity index (χ1n) is 6.40. The molecular formula is C15H20N2OS. The van der Waals surface area contributed by atoms with E-state index in [1.54, 1.807) is 13.3 Å². The van der Waals surface area contributed by atoms with E-state index in [-0.39, 0.29) is 0 Å². The molecule has 0 aromatic carbocycles. The van der Waals surface area contributed by atoms with Crippen molar-refractivity contribution in [3.63, 3.8) is 0 Å². The van der Waals surface area contributed by atoms with Crippen molar-refractivity contribution in [1.29, 1.82) is 0 Å². The number of nitrogens with one attached hydrogen (secondary N) is 1. The minimum absolute atomic E-state index is 0.329. The van der Waals surface area contributed by atoms with Crippen LogP contribution in [0.2, 0.25) is 0 Å². The SMILES string of the molecule is COc1ncccc1CNC(C)c1cc(C)sc1C. The molecule has 2 aromatic heterocycles. The second kappa shape index (κ2) is 6.17. The van der Waals surface area contributed by atoms with Crippen LogP contribution in [0.3, 0.4) is 0 Å². The highest BCUT2D eigenvalue weighted by molar-refractivity contribution is 7.12. The Hall–Kier alpha value is -1.39. The van der Waals surface area contributed by atoms with Crippen LogP contribution in [0.15, 0.2) is 24.4 Å². The van der Waals surface area contributed by atoms with Crippen LogP contribution in [0.5, 0.6) is 5.88 Å². The number of methoxy groups -OCH3 is 1. The number of aryl methyl sites for hydroxylation is 2. The second-order valence-electron chi connectivity index (χ2n) is 4.64. The molecule has 2 heterocycles. The molecule has 0 amide bonds. The summed E-state index contributed by atoms with van der Waals surface area (Å²) in [5.41, 5.74) is 2.46. The summed E-state index contributed by atoms with van der Waals surface area (Å²) in [5, 5.41) is 3.53. The van der Waals surface area contributed by atoms with E-state index >= 15 is 0 Å². The van der Waals surface area contributed by atoms with Gasteiger partial charge >= 0.3 is 0 Å². The first-order chi connectivity index (χ1) is 9.11. The molecule has 0 aliphatic rings. The van der Waals surface area contributed by atoms with Gasteiger partial charge in [0.2, 0.25) is 5.88 Å². The molecular weight excluding hydrogens is 256 g/mol. The van der Waals surface area contributed by atoms with E-state index in [4.69, 9.17) is 4.74 Å². The molecule has 0 bridgehead atoms. The Morgan fingerprint density at radius 2 is 2.21 bits per heavy atom. The van der Waals surface area contributed by atoms with E-state index in [1.165, 1.54) is 15.3 Å². The Morgan fingerprint density at radius 3 is 2.84 bits per heavy atom. The summed E-state index contributed by atoms with van der Waals surface area (Å²) in [4.78, 5) is 6.96. The van der Waals surface area contributed by atoms with Gasteiger partial charge in [-0.3, -0.25) is 0 Å². The van der Waals surface area contributed by atoms with Crippen molar-refractivity contribution < 1.29 is 4.74 Å². The number of hydrogen-bond acceptors (Lipinski definition) is 4. The van der Waals surface area contributed by atoms with E-state index in [0.29, 0.717) is 11.9 Å². The van der Waals surface area contributed by atoms with Crippen molar-refractivity contribution >= 4 is 11.3 Å². The molecule has 102 valence electrons. The minimum Gasteiger partial charge on any atom is -0.481 e. The average molecular weight is 276 g/mol. The van der Waals surface area contributed by atoms with Crippen LogP contribution in [0.1, 0.15) is 33.8 Å². The van der Waals surface area contributed by atoms with Crippen molar-refractivity contribution in [2.45, 2.75) is 33.4 Å². The Morgan fingerprint density at radius 1 is 1.42 bits per heavy atom. The maximum absolute atomic E-state index is 5.26. The number of ether oxygens (including phenoxy) is 1. The molecule has 1 unspecified atom stereocenters. The normalized spacial score (nSPS) is 12.4. The largest absolute Gasteiger partial charge is 0.481 e. The molecule has 3 nitrogen and oxygen atoms in total. The molecule has 0 radical (unpaired) electrons. The third-order valence-corrected chi connectivity index (χ3v) is 4.17. The van der Waals surface area contributed by atoms with Gasteiger partial charge in [-0.15, -0.1) is 11.3 Å². The van der Waals surface area contributed by atoms with Gasteiger partial charge in [0.05, 0.1) is 7.11 Å². The highest BCUT2D eigenvalue weighted by Gasteiger charge is 2.12. The molecule has 1 N–H and O–H groups in total. The van der Waals surface area contributed by atoms with Crippen LogP contribution in [0.25, 0.3) is 0 Å². The molecule has 4 heteroatoms. The lowest BCUT2D eigenvalue weighted by Crippen LogP contribution is -2.18. The molecule has 0 saturated carbocycles. The number of hydrogen-bond donors (Lipinski definition) is 1. The van der Waals surface area contributed by atoms with Gasteiger partial charge in [-0.2, -0.15) is 0 Å². The summed E-state index contributed by atoms with van der Waals surface area (Å²) in [6.07, 6.45) is 1.75. The molecule has 0 aliphatic carbocycles. The highest BCUT2D eigenvalue weighted by Crippen LogP contribution is 2.26. The highest BCUT2D eigenvalue weighted by atomic mass is 32.1. The van der Waals surface area contributed by atoms with Crippen molar-refractivity contribution in [1.82, 2.24) is 10.3 Å². The van der Waals surface area contributed by atoms with Gasteiger partial charge in [-0.25, -0.2) is 4.98 Å². The second-order valence-corrected chi connectivity index (χ2v) is 6.10. The third-order valence-electron chi connectivity index (χ3n) is 3.19. The summed E-state index contributed by atoms with van der Waals surface area (Å²) in [6.45, 7) is 7.28. The third kappa shape index (κ3) is 3.33. The van der Waals surface area contributed by atoms with Gasteiger partial charge in [-0.05, 0) is 38.5 Å². The summed E-state index contributed by atoms with van der Waals surface area (Å²) in [7, 11) is 1.65. The number of rotatable bonds is 5. The summed E-state index contributed by atoms with van der Waals surface area (Å²) in [5.74, 6) is 0.695. The Bertz CT molecular complexity index is 551. The fourth-order valence-corrected chi connectivity index (χ4v) is 3.22. The predicted octanol–water partition coefficient (Wildman–Crippen LogP) is 3.62. The molecule has 2 aromatic rings. The summed E-state index contributed by atoms with van der Waals surface area (Å²) >= 11 is 1.85. The van der Waals surface area contributed by atoms with Crippen molar-refractivity contribution in [3.05, 3.63) is 45.3 Å². The lowest BCUT2D eigenvalue weighted by atomic mass is 10.1. The lowest BCUT2D eigenvalue weighted by molar-refractivity contribution is 0.389. The number of aromatic nitrogens is 1. The van der Waals surface area contributed by atoms with Gasteiger partial charge in [-0.1, -0.05) is 6.07 Å². The van der Waals surface area contributed by atoms with Gasteiger partial charge in [0.1, 0.15) is 0 Å². The topological polar surface area (TPSA) is 34.1 Å². The van der Waals surface area contributed by atoms with Gasteiger partial charge in [0.15, 0.2) is 0 Å². The van der Waals surface area contributed by atoms with Crippen LogP contribution >= 0.6 is 11.3 Å². The number of thiophene rings is 1. The van der Waals surface area contributed by atoms with E-state index in [1.807, 2.05) is 23.5 Å². The molecule has 0 saturated heterocycles. The molecule has 0 spiro atoms. The smallest absolute Gasteiger partial charge is 0.217 e. The van der Waals surface area contributed by atoms with E-state index in [0.717, 1.165) is 12.1 Å². The molecule has 19 heavy (non-hydrogen) atoms. The zero-order valence-electron chi connectivity index (χ0n) is 11.9. The van der Waals surface area contributed by atoms with Gasteiger partial charge < -0.3 is 10.1 Å². The van der Waals surface area contributed by atoms with Crippen molar-refractivity contribution in [3.8, 4) is 5.88 Å². The average Bonchev–Trinajstić information content (AvgIpc) is 2.75. The monoisotopic (exact) mass is 276 g/mol. The van der Waals surface area contributed by atoms with E-state index in [2.05, 4.69) is 37.1 Å². The van der Waals surface area contributed by atoms with Crippen LogP contribution in [0.4, 0.5) is 0 Å². The van der Waals surface area contributed by atoms with Crippen molar-refractivity contribution in [2.75, 3.05) is 7.11 Å². The zero-order valence-corrected chi connectivity index (χ0v) is 12.7. The Labute approximate surface area is 118 Å². The predicted molar refractivity (Wildman–Crippen MR) is 79.8 cm³/mol. The Kier molecular flexibility index (Phi) is 4.56. The minimum atomic E-state index is 0.329. The first kappa shape index (κ1) is 14.0. The number of pyridine rings is 1. The zero-order chi connectivity index (χ0) is 13.8. The van der Waals surface area contributed by atoms with Crippen LogP contribution < -0.4 is 10.1 Å². The molecule has 0 aliphatic heterocycles. The quantitative estimate of drug-likeness (QED) is 0.905. The Balaban J connectivity index is 2.04. The van der Waals surface area contributed by atoms with Crippen LogP contribution in [0, 0.1) is 13.8 Å². The molecule has 2 rings (SSSR count). The van der Waals surface area contributed by atoms with Crippen molar-refractivity contribution in [2.24, 2.45) is 0 Å². The standard InChI is InChI=1S/C15H20N2OS/c1-10-8-14(12(3)19-10)11(2)17-9-13-6-5-7-16-15(13)18-4/h5-8,11,17H,9H2,1-4H3. The number of nitrogens with zero attached hydrogens (tertiary/aromatic N) is 1. The summed E-state index contributed by atoms with van der Waals surface area (Å²) < 4.78 is 5.26. The van der Waals surface area contributed by atoms with E-state index < -0.39 is 0 Å². The maximum atomic E-state index is 5.26. The molecule has 1 atom stereocenters. The van der Waals surface area contributed by atoms with E-state index in [9.17, 15) is 0 Å². The molecule has 0 fully saturated rings. The summed E-state index contributed by atoms with van der Waals surface area (Å²) in [6, 6.07) is 6.56.